The van der Waals surface area contributed by atoms with Gasteiger partial charge in [-0.25, -0.2) is 12.8 Å². The molecular formula is C16H25FN2O3S. The molecule has 1 aliphatic heterocycles. The lowest BCUT2D eigenvalue weighted by molar-refractivity contribution is 0.0812. The van der Waals surface area contributed by atoms with Gasteiger partial charge < -0.3 is 10.0 Å². The van der Waals surface area contributed by atoms with Gasteiger partial charge in [-0.3, -0.25) is 0 Å². The van der Waals surface area contributed by atoms with E-state index in [0.717, 1.165) is 36.3 Å². The van der Waals surface area contributed by atoms with Gasteiger partial charge in [0.05, 0.1) is 6.10 Å². The Labute approximate surface area is 137 Å². The van der Waals surface area contributed by atoms with E-state index >= 15 is 0 Å². The predicted octanol–water partition coefficient (Wildman–Crippen LogP) is 1.54. The van der Waals surface area contributed by atoms with Gasteiger partial charge in [0.25, 0.3) is 0 Å². The van der Waals surface area contributed by atoms with Crippen molar-refractivity contribution in [3.63, 3.8) is 0 Å². The standard InChI is InChI=1S/C16H25FN2O3S/c1-13-7-9-19(10-8-13)12-14(20)11-18(2)23(21,22)16-6-4-3-5-15(16)17/h3-6,13-14,20H,7-12H2,1-2H3/t14-/m0/s1. The molecule has 0 radical (unpaired) electrons. The number of halogens is 1. The summed E-state index contributed by atoms with van der Waals surface area (Å²) in [6.45, 7) is 4.43. The first kappa shape index (κ1) is 18.3. The number of β-amino-alcohol motifs (C(OH)–C–C–N with tert-alkyl or cyclic N) is 1. The van der Waals surface area contributed by atoms with Crippen molar-refractivity contribution >= 4 is 10.0 Å². The van der Waals surface area contributed by atoms with E-state index in [2.05, 4.69) is 11.8 Å². The van der Waals surface area contributed by atoms with E-state index in [0.29, 0.717) is 12.5 Å². The SMILES string of the molecule is CC1CCN(C[C@@H](O)CN(C)S(=O)(=O)c2ccccc2F)CC1. The molecule has 1 heterocycles. The first-order valence-electron chi connectivity index (χ1n) is 7.92. The maximum atomic E-state index is 13.7. The third-order valence-corrected chi connectivity index (χ3v) is 6.19. The molecule has 1 saturated heterocycles. The number of likely N-dealkylation sites (tertiary alicyclic amines) is 1. The van der Waals surface area contributed by atoms with E-state index in [1.165, 1.54) is 25.2 Å². The van der Waals surface area contributed by atoms with Crippen LogP contribution < -0.4 is 0 Å². The zero-order chi connectivity index (χ0) is 17.0. The summed E-state index contributed by atoms with van der Waals surface area (Å²) in [5.74, 6) is -0.0774. The lowest BCUT2D eigenvalue weighted by Crippen LogP contribution is -2.43. The van der Waals surface area contributed by atoms with Crippen LogP contribution in [0.5, 0.6) is 0 Å². The highest BCUT2D eigenvalue weighted by molar-refractivity contribution is 7.89. The molecule has 1 fully saturated rings. The molecule has 130 valence electrons. The van der Waals surface area contributed by atoms with Crippen LogP contribution in [0.4, 0.5) is 4.39 Å². The van der Waals surface area contributed by atoms with Crippen LogP contribution in [-0.2, 0) is 10.0 Å². The highest BCUT2D eigenvalue weighted by Crippen LogP contribution is 2.19. The third-order valence-electron chi connectivity index (χ3n) is 4.34. The molecule has 1 aliphatic rings. The van der Waals surface area contributed by atoms with E-state index in [4.69, 9.17) is 0 Å². The molecule has 2 rings (SSSR count). The number of hydrogen-bond acceptors (Lipinski definition) is 4. The fourth-order valence-electron chi connectivity index (χ4n) is 2.82. The molecule has 0 amide bonds. The third kappa shape index (κ3) is 4.73. The Kier molecular flexibility index (Phi) is 6.13. The summed E-state index contributed by atoms with van der Waals surface area (Å²) in [6, 6.07) is 5.28. The Bertz CT molecular complexity index is 616. The van der Waals surface area contributed by atoms with E-state index in [9.17, 15) is 17.9 Å². The van der Waals surface area contributed by atoms with E-state index in [1.54, 1.807) is 0 Å². The van der Waals surface area contributed by atoms with Crippen LogP contribution in [0.1, 0.15) is 19.8 Å². The predicted molar refractivity (Wildman–Crippen MR) is 87.1 cm³/mol. The van der Waals surface area contributed by atoms with Crippen LogP contribution in [0, 0.1) is 11.7 Å². The molecule has 0 aromatic heterocycles. The second-order valence-electron chi connectivity index (χ2n) is 6.35. The van der Waals surface area contributed by atoms with Gasteiger partial charge in [0.2, 0.25) is 10.0 Å². The Hall–Kier alpha value is -1.02. The van der Waals surface area contributed by atoms with Crippen molar-refractivity contribution in [3.05, 3.63) is 30.1 Å². The molecule has 5 nitrogen and oxygen atoms in total. The smallest absolute Gasteiger partial charge is 0.245 e. The fourth-order valence-corrected chi connectivity index (χ4v) is 4.09. The van der Waals surface area contributed by atoms with Gasteiger partial charge in [0.1, 0.15) is 10.7 Å². The van der Waals surface area contributed by atoms with Gasteiger partial charge in [-0.05, 0) is 44.0 Å². The van der Waals surface area contributed by atoms with Crippen molar-refractivity contribution in [2.45, 2.75) is 30.8 Å². The largest absolute Gasteiger partial charge is 0.390 e. The minimum Gasteiger partial charge on any atom is -0.390 e. The Morgan fingerprint density at radius 2 is 1.96 bits per heavy atom. The second-order valence-corrected chi connectivity index (χ2v) is 8.37. The number of piperidine rings is 1. The molecule has 0 saturated carbocycles. The van der Waals surface area contributed by atoms with Crippen molar-refractivity contribution in [2.75, 3.05) is 33.2 Å². The monoisotopic (exact) mass is 344 g/mol. The van der Waals surface area contributed by atoms with Gasteiger partial charge in [0, 0.05) is 20.1 Å². The summed E-state index contributed by atoms with van der Waals surface area (Å²) in [5.41, 5.74) is 0. The van der Waals surface area contributed by atoms with Gasteiger partial charge in [-0.2, -0.15) is 4.31 Å². The molecule has 1 atom stereocenters. The van der Waals surface area contributed by atoms with Crippen LogP contribution >= 0.6 is 0 Å². The summed E-state index contributed by atoms with van der Waals surface area (Å²) in [6.07, 6.45) is 1.39. The number of benzene rings is 1. The summed E-state index contributed by atoms with van der Waals surface area (Å²) in [7, 11) is -2.57. The number of likely N-dealkylation sites (N-methyl/N-ethyl adjacent to an activating group) is 1. The van der Waals surface area contributed by atoms with E-state index in [-0.39, 0.29) is 11.4 Å². The zero-order valence-electron chi connectivity index (χ0n) is 13.7. The average molecular weight is 344 g/mol. The maximum Gasteiger partial charge on any atom is 0.245 e. The highest BCUT2D eigenvalue weighted by atomic mass is 32.2. The first-order valence-corrected chi connectivity index (χ1v) is 9.36. The minimum atomic E-state index is -3.93. The zero-order valence-corrected chi connectivity index (χ0v) is 14.5. The second kappa shape index (κ2) is 7.70. The summed E-state index contributed by atoms with van der Waals surface area (Å²) < 4.78 is 39.5. The Morgan fingerprint density at radius 1 is 1.35 bits per heavy atom. The maximum absolute atomic E-state index is 13.7. The van der Waals surface area contributed by atoms with Crippen molar-refractivity contribution in [2.24, 2.45) is 5.92 Å². The highest BCUT2D eigenvalue weighted by Gasteiger charge is 2.27. The molecule has 1 N–H and O–H groups in total. The van der Waals surface area contributed by atoms with Crippen molar-refractivity contribution in [1.82, 2.24) is 9.21 Å². The number of rotatable bonds is 6. The molecular weight excluding hydrogens is 319 g/mol. The first-order chi connectivity index (χ1) is 10.8. The lowest BCUT2D eigenvalue weighted by atomic mass is 9.99. The van der Waals surface area contributed by atoms with Crippen LogP contribution in [0.25, 0.3) is 0 Å². The number of sulfonamides is 1. The fraction of sp³-hybridized carbons (Fsp3) is 0.625. The number of aliphatic hydroxyl groups is 1. The summed E-state index contributed by atoms with van der Waals surface area (Å²) in [4.78, 5) is 1.79. The molecule has 0 bridgehead atoms. The molecule has 0 aliphatic carbocycles. The molecule has 1 aromatic rings. The minimum absolute atomic E-state index is 0.0529. The molecule has 1 aromatic carbocycles. The van der Waals surface area contributed by atoms with Crippen LogP contribution in [0.2, 0.25) is 0 Å². The number of hydrogen-bond donors (Lipinski definition) is 1. The van der Waals surface area contributed by atoms with Crippen LogP contribution in [0.3, 0.4) is 0 Å². The van der Waals surface area contributed by atoms with Crippen LogP contribution in [-0.4, -0.2) is 62.1 Å². The van der Waals surface area contributed by atoms with E-state index < -0.39 is 21.9 Å². The van der Waals surface area contributed by atoms with E-state index in [1.807, 2.05) is 0 Å². The normalized spacial score (nSPS) is 19.2. The molecule has 0 unspecified atom stereocenters. The Morgan fingerprint density at radius 3 is 2.57 bits per heavy atom. The number of nitrogens with zero attached hydrogens (tertiary/aromatic N) is 2. The van der Waals surface area contributed by atoms with Gasteiger partial charge in [-0.1, -0.05) is 19.1 Å². The quantitative estimate of drug-likeness (QED) is 0.850. The van der Waals surface area contributed by atoms with Gasteiger partial charge in [-0.15, -0.1) is 0 Å². The van der Waals surface area contributed by atoms with Gasteiger partial charge >= 0.3 is 0 Å². The van der Waals surface area contributed by atoms with Crippen molar-refractivity contribution in [3.8, 4) is 0 Å². The summed E-state index contributed by atoms with van der Waals surface area (Å²) in [5, 5.41) is 10.2. The van der Waals surface area contributed by atoms with Gasteiger partial charge in [0.15, 0.2) is 0 Å². The average Bonchev–Trinajstić information content (AvgIpc) is 2.49. The molecule has 23 heavy (non-hydrogen) atoms. The molecule has 0 spiro atoms. The van der Waals surface area contributed by atoms with Crippen molar-refractivity contribution < 1.29 is 17.9 Å². The molecule has 7 heteroatoms. The summed E-state index contributed by atoms with van der Waals surface area (Å²) >= 11 is 0. The van der Waals surface area contributed by atoms with Crippen LogP contribution in [0.15, 0.2) is 29.2 Å². The number of aliphatic hydroxyl groups excluding tert-OH is 1. The van der Waals surface area contributed by atoms with Crippen molar-refractivity contribution in [1.29, 1.82) is 0 Å². The lowest BCUT2D eigenvalue weighted by Gasteiger charge is -2.32. The topological polar surface area (TPSA) is 60.9 Å². The Balaban J connectivity index is 1.95.